The van der Waals surface area contributed by atoms with E-state index in [0.29, 0.717) is 6.42 Å². The fraction of sp³-hybridized carbons (Fsp3) is 0.261. The van der Waals surface area contributed by atoms with Crippen molar-refractivity contribution in [1.29, 1.82) is 0 Å². The van der Waals surface area contributed by atoms with Crippen LogP contribution < -0.4 is 10.1 Å². The Morgan fingerprint density at radius 2 is 1.65 bits per heavy atom. The van der Waals surface area contributed by atoms with Crippen LogP contribution in [-0.2, 0) is 4.79 Å². The number of amides is 1. The van der Waals surface area contributed by atoms with Gasteiger partial charge in [-0.1, -0.05) is 61.0 Å². The van der Waals surface area contributed by atoms with Crippen LogP contribution in [0.4, 0.5) is 5.69 Å². The number of hydrogen-bond donors (Lipinski definition) is 1. The number of anilines is 1. The normalized spacial score (nSPS) is 12.0. The molecule has 0 saturated carbocycles. The van der Waals surface area contributed by atoms with Gasteiger partial charge in [-0.3, -0.25) is 4.79 Å². The van der Waals surface area contributed by atoms with Gasteiger partial charge in [0.05, 0.1) is 0 Å². The van der Waals surface area contributed by atoms with Crippen molar-refractivity contribution in [2.75, 3.05) is 5.32 Å². The van der Waals surface area contributed by atoms with Gasteiger partial charge in [-0.05, 0) is 49.8 Å². The lowest BCUT2D eigenvalue weighted by Gasteiger charge is -2.20. The van der Waals surface area contributed by atoms with Crippen molar-refractivity contribution in [1.82, 2.24) is 0 Å². The molecule has 26 heavy (non-hydrogen) atoms. The first-order chi connectivity index (χ1) is 12.5. The minimum atomic E-state index is -0.541. The Hall–Kier alpha value is -2.81. The summed E-state index contributed by atoms with van der Waals surface area (Å²) in [6.45, 7) is 8.05. The molecule has 3 heteroatoms. The van der Waals surface area contributed by atoms with E-state index in [4.69, 9.17) is 4.74 Å². The molecule has 3 aromatic carbocycles. The second-order valence-electron chi connectivity index (χ2n) is 6.75. The maximum absolute atomic E-state index is 12.8. The molecule has 0 spiro atoms. The molecule has 3 nitrogen and oxygen atoms in total. The van der Waals surface area contributed by atoms with Crippen LogP contribution in [0.3, 0.4) is 0 Å². The molecule has 0 fully saturated rings. The molecule has 134 valence electrons. The molecule has 0 aliphatic carbocycles. The van der Waals surface area contributed by atoms with Crippen molar-refractivity contribution in [2.24, 2.45) is 0 Å². The van der Waals surface area contributed by atoms with Gasteiger partial charge in [0.15, 0.2) is 6.10 Å². The van der Waals surface area contributed by atoms with Crippen LogP contribution in [0.5, 0.6) is 5.75 Å². The fourth-order valence-corrected chi connectivity index (χ4v) is 3.35. The van der Waals surface area contributed by atoms with E-state index in [-0.39, 0.29) is 5.91 Å². The zero-order valence-corrected chi connectivity index (χ0v) is 15.8. The minimum absolute atomic E-state index is 0.115. The lowest BCUT2D eigenvalue weighted by Crippen LogP contribution is -2.33. The number of aryl methyl sites for hydroxylation is 3. The zero-order chi connectivity index (χ0) is 18.7. The topological polar surface area (TPSA) is 38.3 Å². The van der Waals surface area contributed by atoms with Gasteiger partial charge in [0.2, 0.25) is 0 Å². The van der Waals surface area contributed by atoms with E-state index >= 15 is 0 Å². The number of benzene rings is 3. The van der Waals surface area contributed by atoms with E-state index in [1.54, 1.807) is 0 Å². The second-order valence-corrected chi connectivity index (χ2v) is 6.75. The summed E-state index contributed by atoms with van der Waals surface area (Å²) in [5.74, 6) is 0.623. The molecule has 0 radical (unpaired) electrons. The summed E-state index contributed by atoms with van der Waals surface area (Å²) in [7, 11) is 0. The van der Waals surface area contributed by atoms with Crippen molar-refractivity contribution in [3.63, 3.8) is 0 Å². The first-order valence-electron chi connectivity index (χ1n) is 9.02. The molecule has 0 heterocycles. The monoisotopic (exact) mass is 347 g/mol. The van der Waals surface area contributed by atoms with Gasteiger partial charge in [-0.15, -0.1) is 0 Å². The number of nitrogens with one attached hydrogen (secondary N) is 1. The van der Waals surface area contributed by atoms with Crippen LogP contribution in [-0.4, -0.2) is 12.0 Å². The minimum Gasteiger partial charge on any atom is -0.480 e. The van der Waals surface area contributed by atoms with Crippen LogP contribution in [0.15, 0.2) is 54.6 Å². The molecule has 0 aliphatic rings. The Bertz CT molecular complexity index is 918. The standard InChI is InChI=1S/C23H25NO2/c1-5-20(23(25)24-22-16(3)13-15(2)14-17(22)4)26-21-12-8-10-18-9-6-7-11-19(18)21/h6-14,20H,5H2,1-4H3,(H,24,25)/t20-/m1/s1. The molecule has 3 aromatic rings. The van der Waals surface area contributed by atoms with Crippen LogP contribution in [0, 0.1) is 20.8 Å². The molecule has 1 amide bonds. The number of carbonyl (C=O) groups excluding carboxylic acids is 1. The lowest BCUT2D eigenvalue weighted by molar-refractivity contribution is -0.122. The Morgan fingerprint density at radius 3 is 2.35 bits per heavy atom. The molecule has 1 atom stereocenters. The van der Waals surface area contributed by atoms with Gasteiger partial charge in [-0.2, -0.15) is 0 Å². The van der Waals surface area contributed by atoms with Crippen LogP contribution in [0.2, 0.25) is 0 Å². The number of ether oxygens (including phenoxy) is 1. The third kappa shape index (κ3) is 3.72. The first kappa shape index (κ1) is 18.0. The highest BCUT2D eigenvalue weighted by molar-refractivity contribution is 5.96. The summed E-state index contributed by atoms with van der Waals surface area (Å²) in [5.41, 5.74) is 4.20. The third-order valence-electron chi connectivity index (χ3n) is 4.61. The first-order valence-corrected chi connectivity index (χ1v) is 9.02. The van der Waals surface area contributed by atoms with Gasteiger partial charge in [0.1, 0.15) is 5.75 Å². The van der Waals surface area contributed by atoms with Crippen LogP contribution >= 0.6 is 0 Å². The van der Waals surface area contributed by atoms with Crippen molar-refractivity contribution >= 4 is 22.4 Å². The van der Waals surface area contributed by atoms with Gasteiger partial charge in [0, 0.05) is 11.1 Å². The SMILES string of the molecule is CC[C@@H](Oc1cccc2ccccc12)C(=O)Nc1c(C)cc(C)cc1C. The highest BCUT2D eigenvalue weighted by Gasteiger charge is 2.20. The second kappa shape index (κ2) is 7.61. The predicted octanol–water partition coefficient (Wildman–Crippen LogP) is 5.56. The molecular weight excluding hydrogens is 322 g/mol. The van der Waals surface area contributed by atoms with Crippen molar-refractivity contribution in [2.45, 2.75) is 40.2 Å². The summed E-state index contributed by atoms with van der Waals surface area (Å²) in [6, 6.07) is 18.1. The quantitative estimate of drug-likeness (QED) is 0.656. The summed E-state index contributed by atoms with van der Waals surface area (Å²) < 4.78 is 6.10. The third-order valence-corrected chi connectivity index (χ3v) is 4.61. The molecule has 0 unspecified atom stereocenters. The van der Waals surface area contributed by atoms with Crippen LogP contribution in [0.1, 0.15) is 30.0 Å². The predicted molar refractivity (Wildman–Crippen MR) is 108 cm³/mol. The molecule has 1 N–H and O–H groups in total. The highest BCUT2D eigenvalue weighted by Crippen LogP contribution is 2.27. The van der Waals surface area contributed by atoms with Gasteiger partial charge < -0.3 is 10.1 Å². The van der Waals surface area contributed by atoms with E-state index < -0.39 is 6.10 Å². The molecular formula is C23H25NO2. The van der Waals surface area contributed by atoms with E-state index in [1.165, 1.54) is 5.56 Å². The van der Waals surface area contributed by atoms with Gasteiger partial charge in [0.25, 0.3) is 5.91 Å². The average Bonchev–Trinajstić information content (AvgIpc) is 2.62. The Labute approximate surface area is 155 Å². The maximum atomic E-state index is 12.8. The Morgan fingerprint density at radius 1 is 1.00 bits per heavy atom. The number of rotatable bonds is 5. The van der Waals surface area contributed by atoms with Crippen LogP contribution in [0.25, 0.3) is 10.8 Å². The van der Waals surface area contributed by atoms with E-state index in [9.17, 15) is 4.79 Å². The summed E-state index contributed by atoms with van der Waals surface area (Å²) in [4.78, 5) is 12.8. The summed E-state index contributed by atoms with van der Waals surface area (Å²) in [5, 5.41) is 5.18. The molecule has 0 aromatic heterocycles. The largest absolute Gasteiger partial charge is 0.480 e. The number of hydrogen-bond acceptors (Lipinski definition) is 2. The van der Waals surface area contributed by atoms with Gasteiger partial charge in [-0.25, -0.2) is 0 Å². The lowest BCUT2D eigenvalue weighted by atomic mass is 10.0. The van der Waals surface area contributed by atoms with E-state index in [1.807, 2.05) is 63.2 Å². The van der Waals surface area contributed by atoms with Gasteiger partial charge >= 0.3 is 0 Å². The Balaban J connectivity index is 1.84. The molecule has 0 saturated heterocycles. The van der Waals surface area contributed by atoms with E-state index in [0.717, 1.165) is 33.3 Å². The zero-order valence-electron chi connectivity index (χ0n) is 15.8. The Kier molecular flexibility index (Phi) is 5.27. The van der Waals surface area contributed by atoms with Crippen molar-refractivity contribution < 1.29 is 9.53 Å². The molecule has 3 rings (SSSR count). The van der Waals surface area contributed by atoms with Crippen molar-refractivity contribution in [3.8, 4) is 5.75 Å². The number of fused-ring (bicyclic) bond motifs is 1. The smallest absolute Gasteiger partial charge is 0.265 e. The summed E-state index contributed by atoms with van der Waals surface area (Å²) in [6.07, 6.45) is 0.0554. The fourth-order valence-electron chi connectivity index (χ4n) is 3.35. The summed E-state index contributed by atoms with van der Waals surface area (Å²) >= 11 is 0. The molecule has 0 aliphatic heterocycles. The van der Waals surface area contributed by atoms with Crippen molar-refractivity contribution in [3.05, 3.63) is 71.3 Å². The maximum Gasteiger partial charge on any atom is 0.265 e. The average molecular weight is 347 g/mol. The highest BCUT2D eigenvalue weighted by atomic mass is 16.5. The van der Waals surface area contributed by atoms with E-state index in [2.05, 4.69) is 24.4 Å². The number of carbonyl (C=O) groups is 1. The molecule has 0 bridgehead atoms.